The van der Waals surface area contributed by atoms with E-state index in [2.05, 4.69) is 13.8 Å². The summed E-state index contributed by atoms with van der Waals surface area (Å²) in [6.07, 6.45) is 2.49. The Bertz CT molecular complexity index is 813. The van der Waals surface area contributed by atoms with Gasteiger partial charge in [0.05, 0.1) is 6.61 Å². The second-order valence-electron chi connectivity index (χ2n) is 11.7. The van der Waals surface area contributed by atoms with Gasteiger partial charge in [-0.3, -0.25) is 18.6 Å². The Morgan fingerprint density at radius 2 is 1.02 bits per heavy atom. The molecule has 0 spiro atoms. The number of aliphatic hydroxyl groups excluding tert-OH is 5. The van der Waals surface area contributed by atoms with Gasteiger partial charge in [-0.2, -0.15) is 0 Å². The van der Waals surface area contributed by atoms with Gasteiger partial charge in [-0.25, -0.2) is 4.57 Å². The van der Waals surface area contributed by atoms with E-state index in [1.165, 1.54) is 25.7 Å². The van der Waals surface area contributed by atoms with Gasteiger partial charge in [0.1, 0.15) is 43.2 Å². The molecule has 44 heavy (non-hydrogen) atoms. The number of phosphoric acid groups is 1. The zero-order valence-electron chi connectivity index (χ0n) is 26.5. The summed E-state index contributed by atoms with van der Waals surface area (Å²) in [7, 11) is -5.08. The molecule has 8 atom stereocenters. The molecule has 13 nitrogen and oxygen atoms in total. The van der Waals surface area contributed by atoms with E-state index in [1.807, 2.05) is 0 Å². The number of hydrogen-bond donors (Lipinski definition) is 6. The standard InChI is InChI=1S/C30H57O13P/c1-3-5-7-9-11-13-15-17-19-24(32)42-22(20-40-23(31)18-16-14-12-10-8-6-4-2)21-41-44(38,39)43-30-28(36)26(34)25(33)27(35)29(30)37/h22,25-30,33-37H,3-21H2,1-2H3,(H,38,39)/t22-,25?,26-,27?,28?,29?,30?/m1/s1. The van der Waals surface area contributed by atoms with Crippen LogP contribution < -0.4 is 0 Å². The first-order chi connectivity index (χ1) is 20.9. The second kappa shape index (κ2) is 23.2. The highest BCUT2D eigenvalue weighted by atomic mass is 31.2. The van der Waals surface area contributed by atoms with Crippen LogP contribution in [0.15, 0.2) is 0 Å². The molecule has 0 aromatic carbocycles. The Morgan fingerprint density at radius 3 is 1.50 bits per heavy atom. The lowest BCUT2D eigenvalue weighted by Crippen LogP contribution is -2.64. The quantitative estimate of drug-likeness (QED) is 0.0473. The van der Waals surface area contributed by atoms with Crippen LogP contribution in [-0.4, -0.2) is 98.3 Å². The van der Waals surface area contributed by atoms with Crippen molar-refractivity contribution >= 4 is 19.8 Å². The van der Waals surface area contributed by atoms with Gasteiger partial charge in [0.25, 0.3) is 0 Å². The van der Waals surface area contributed by atoms with Crippen molar-refractivity contribution in [1.82, 2.24) is 0 Å². The number of ether oxygens (including phenoxy) is 2. The van der Waals surface area contributed by atoms with Gasteiger partial charge in [0.15, 0.2) is 6.10 Å². The molecule has 260 valence electrons. The smallest absolute Gasteiger partial charge is 0.462 e. The minimum atomic E-state index is -5.08. The van der Waals surface area contributed by atoms with E-state index >= 15 is 0 Å². The molecular formula is C30H57O13P. The van der Waals surface area contributed by atoms with Gasteiger partial charge >= 0.3 is 19.8 Å². The summed E-state index contributed by atoms with van der Waals surface area (Å²) in [6, 6.07) is 0. The number of aliphatic hydroxyl groups is 5. The van der Waals surface area contributed by atoms with Crippen molar-refractivity contribution in [2.24, 2.45) is 0 Å². The molecule has 0 saturated heterocycles. The van der Waals surface area contributed by atoms with Crippen molar-refractivity contribution in [3.05, 3.63) is 0 Å². The topological polar surface area (TPSA) is 210 Å². The molecule has 0 amide bonds. The zero-order valence-corrected chi connectivity index (χ0v) is 27.4. The van der Waals surface area contributed by atoms with Crippen LogP contribution in [0.3, 0.4) is 0 Å². The van der Waals surface area contributed by atoms with Crippen LogP contribution in [0.25, 0.3) is 0 Å². The first-order valence-electron chi connectivity index (χ1n) is 16.3. The van der Waals surface area contributed by atoms with E-state index in [1.54, 1.807) is 0 Å². The third kappa shape index (κ3) is 17.0. The normalized spacial score (nSPS) is 25.7. The molecule has 6 N–H and O–H groups in total. The van der Waals surface area contributed by atoms with Crippen LogP contribution in [0.5, 0.6) is 0 Å². The Hall–Kier alpha value is -1.15. The molecule has 0 aromatic rings. The van der Waals surface area contributed by atoms with Crippen molar-refractivity contribution in [2.45, 2.75) is 166 Å². The van der Waals surface area contributed by atoms with Crippen LogP contribution in [0.2, 0.25) is 0 Å². The Labute approximate surface area is 261 Å². The minimum absolute atomic E-state index is 0.100. The van der Waals surface area contributed by atoms with Crippen molar-refractivity contribution in [3.8, 4) is 0 Å². The number of phosphoric ester groups is 1. The molecule has 6 unspecified atom stereocenters. The lowest BCUT2D eigenvalue weighted by molar-refractivity contribution is -0.220. The maximum atomic E-state index is 12.6. The largest absolute Gasteiger partial charge is 0.472 e. The lowest BCUT2D eigenvalue weighted by Gasteiger charge is -2.41. The van der Waals surface area contributed by atoms with Gasteiger partial charge in [-0.1, -0.05) is 97.3 Å². The molecule has 1 aliphatic rings. The summed E-state index contributed by atoms with van der Waals surface area (Å²) in [4.78, 5) is 35.0. The molecule has 1 aliphatic carbocycles. The Morgan fingerprint density at radius 1 is 0.614 bits per heavy atom. The highest BCUT2D eigenvalue weighted by Crippen LogP contribution is 2.47. The minimum Gasteiger partial charge on any atom is -0.462 e. The number of hydrogen-bond acceptors (Lipinski definition) is 12. The highest BCUT2D eigenvalue weighted by molar-refractivity contribution is 7.47. The van der Waals surface area contributed by atoms with E-state index in [0.29, 0.717) is 12.8 Å². The van der Waals surface area contributed by atoms with E-state index in [4.69, 9.17) is 18.5 Å². The Kier molecular flexibility index (Phi) is 21.6. The van der Waals surface area contributed by atoms with Gasteiger partial charge < -0.3 is 39.9 Å². The van der Waals surface area contributed by atoms with Crippen LogP contribution in [0, 0.1) is 0 Å². The molecule has 0 aliphatic heterocycles. The first-order valence-corrected chi connectivity index (χ1v) is 17.8. The van der Waals surface area contributed by atoms with Crippen LogP contribution in [-0.2, 0) is 32.7 Å². The molecule has 0 bridgehead atoms. The Balaban J connectivity index is 2.64. The fraction of sp³-hybridized carbons (Fsp3) is 0.933. The molecule has 0 aromatic heterocycles. The summed E-state index contributed by atoms with van der Waals surface area (Å²) >= 11 is 0. The predicted octanol–water partition coefficient (Wildman–Crippen LogP) is 3.43. The average Bonchev–Trinajstić information content (AvgIpc) is 2.99. The summed E-state index contributed by atoms with van der Waals surface area (Å²) in [5, 5.41) is 49.6. The van der Waals surface area contributed by atoms with Crippen molar-refractivity contribution in [3.63, 3.8) is 0 Å². The molecule has 14 heteroatoms. The average molecular weight is 657 g/mol. The summed E-state index contributed by atoms with van der Waals surface area (Å²) in [5.41, 5.74) is 0. The number of carbonyl (C=O) groups excluding carboxylic acids is 2. The van der Waals surface area contributed by atoms with Gasteiger partial charge in [0.2, 0.25) is 0 Å². The van der Waals surface area contributed by atoms with Crippen molar-refractivity contribution in [1.29, 1.82) is 0 Å². The molecule has 0 radical (unpaired) electrons. The van der Waals surface area contributed by atoms with Crippen LogP contribution in [0.4, 0.5) is 0 Å². The third-order valence-corrected chi connectivity index (χ3v) is 8.68. The van der Waals surface area contributed by atoms with E-state index in [0.717, 1.165) is 57.8 Å². The summed E-state index contributed by atoms with van der Waals surface area (Å²) in [5.74, 6) is -1.11. The molecule has 1 saturated carbocycles. The van der Waals surface area contributed by atoms with Gasteiger partial charge in [0, 0.05) is 12.8 Å². The molecule has 1 rings (SSSR count). The predicted molar refractivity (Wildman–Crippen MR) is 161 cm³/mol. The maximum absolute atomic E-state index is 12.6. The summed E-state index contributed by atoms with van der Waals surface area (Å²) < 4.78 is 33.0. The SMILES string of the molecule is CCCCCCCCCCC(=O)O[C@H](COC(=O)CCCCCCCCC)COP(=O)(O)OC1C(O)C(O)C(O)[C@@H](O)C1O. The number of unbranched alkanes of at least 4 members (excludes halogenated alkanes) is 13. The van der Waals surface area contributed by atoms with Crippen molar-refractivity contribution in [2.75, 3.05) is 13.2 Å². The van der Waals surface area contributed by atoms with E-state index in [9.17, 15) is 44.6 Å². The lowest BCUT2D eigenvalue weighted by atomic mass is 9.85. The maximum Gasteiger partial charge on any atom is 0.472 e. The fourth-order valence-electron chi connectivity index (χ4n) is 4.93. The van der Waals surface area contributed by atoms with Crippen molar-refractivity contribution < 1.29 is 63.1 Å². The van der Waals surface area contributed by atoms with E-state index < -0.39 is 75.7 Å². The second-order valence-corrected chi connectivity index (χ2v) is 13.1. The number of esters is 2. The molecular weight excluding hydrogens is 599 g/mol. The fourth-order valence-corrected chi connectivity index (χ4v) is 5.90. The first kappa shape index (κ1) is 40.9. The third-order valence-electron chi connectivity index (χ3n) is 7.70. The van der Waals surface area contributed by atoms with Crippen LogP contribution in [0.1, 0.15) is 123 Å². The monoisotopic (exact) mass is 656 g/mol. The number of carbonyl (C=O) groups is 2. The molecule has 1 fully saturated rings. The van der Waals surface area contributed by atoms with E-state index in [-0.39, 0.29) is 12.8 Å². The van der Waals surface area contributed by atoms with Gasteiger partial charge in [-0.05, 0) is 12.8 Å². The molecule has 0 heterocycles. The zero-order chi connectivity index (χ0) is 33.0. The highest BCUT2D eigenvalue weighted by Gasteiger charge is 2.51. The summed E-state index contributed by atoms with van der Waals surface area (Å²) in [6.45, 7) is 3.13. The van der Waals surface area contributed by atoms with Gasteiger partial charge in [-0.15, -0.1) is 0 Å². The number of rotatable bonds is 25. The van der Waals surface area contributed by atoms with Crippen LogP contribution >= 0.6 is 7.82 Å².